The molecule has 12 heteroatoms. The SMILES string of the molecule is CNC(=O)CCCc1ccc(N(C(=S)Nc2ccc(C#N)c(C(F)(F)F)c2F)C(C)(C)C=O)cc1F. The van der Waals surface area contributed by atoms with E-state index in [1.54, 1.807) is 0 Å². The van der Waals surface area contributed by atoms with Gasteiger partial charge in [0.15, 0.2) is 10.9 Å². The van der Waals surface area contributed by atoms with E-state index in [1.807, 2.05) is 0 Å². The van der Waals surface area contributed by atoms with Gasteiger partial charge in [-0.25, -0.2) is 8.78 Å². The number of alkyl halides is 3. The molecule has 2 aromatic rings. The number of carbonyl (C=O) groups is 2. The summed E-state index contributed by atoms with van der Waals surface area (Å²) in [6.07, 6.45) is -3.81. The third-order valence-electron chi connectivity index (χ3n) is 5.28. The maximum absolute atomic E-state index is 14.8. The Balaban J connectivity index is 2.42. The van der Waals surface area contributed by atoms with E-state index >= 15 is 0 Å². The van der Waals surface area contributed by atoms with Crippen LogP contribution in [0.1, 0.15) is 43.4 Å². The van der Waals surface area contributed by atoms with Gasteiger partial charge in [0.1, 0.15) is 17.7 Å². The number of aldehydes is 1. The number of halogens is 5. The van der Waals surface area contributed by atoms with E-state index in [9.17, 15) is 31.5 Å². The van der Waals surface area contributed by atoms with E-state index in [4.69, 9.17) is 17.5 Å². The number of hydrogen-bond donors (Lipinski definition) is 2. The minimum Gasteiger partial charge on any atom is -0.359 e. The molecule has 0 aliphatic heterocycles. The molecule has 0 aromatic heterocycles. The number of carbonyl (C=O) groups excluding carboxylic acids is 2. The van der Waals surface area contributed by atoms with Crippen LogP contribution in [-0.2, 0) is 22.2 Å². The van der Waals surface area contributed by atoms with Gasteiger partial charge < -0.3 is 20.3 Å². The van der Waals surface area contributed by atoms with Gasteiger partial charge in [-0.15, -0.1) is 0 Å². The van der Waals surface area contributed by atoms with Gasteiger partial charge in [0, 0.05) is 19.2 Å². The largest absolute Gasteiger partial charge is 0.420 e. The molecule has 0 unspecified atom stereocenters. The zero-order valence-electron chi connectivity index (χ0n) is 19.6. The van der Waals surface area contributed by atoms with Crippen LogP contribution < -0.4 is 15.5 Å². The van der Waals surface area contributed by atoms with Crippen molar-refractivity contribution >= 4 is 40.9 Å². The molecule has 0 radical (unpaired) electrons. The highest BCUT2D eigenvalue weighted by Gasteiger charge is 2.39. The highest BCUT2D eigenvalue weighted by molar-refractivity contribution is 7.80. The molecule has 0 saturated heterocycles. The lowest BCUT2D eigenvalue weighted by Gasteiger charge is -2.36. The molecule has 1 amide bonds. The van der Waals surface area contributed by atoms with E-state index in [1.165, 1.54) is 39.1 Å². The van der Waals surface area contributed by atoms with Crippen LogP contribution in [0.4, 0.5) is 33.3 Å². The Morgan fingerprint density at radius 3 is 2.39 bits per heavy atom. The Kier molecular flexibility index (Phi) is 9.10. The number of rotatable bonds is 8. The Bertz CT molecular complexity index is 1210. The molecular formula is C24H23F5N4O2S. The number of nitrogens with zero attached hydrogens (tertiary/aromatic N) is 2. The van der Waals surface area contributed by atoms with Gasteiger partial charge in [-0.05, 0) is 68.7 Å². The molecule has 0 aliphatic carbocycles. The summed E-state index contributed by atoms with van der Waals surface area (Å²) in [7, 11) is 1.49. The van der Waals surface area contributed by atoms with E-state index in [2.05, 4.69) is 10.6 Å². The number of hydrogen-bond acceptors (Lipinski definition) is 4. The molecular weight excluding hydrogens is 503 g/mol. The average Bonchev–Trinajstić information content (AvgIpc) is 2.80. The summed E-state index contributed by atoms with van der Waals surface area (Å²) in [5.74, 6) is -2.58. The normalized spacial score (nSPS) is 11.4. The van der Waals surface area contributed by atoms with Crippen molar-refractivity contribution in [1.82, 2.24) is 5.32 Å². The number of anilines is 2. The molecule has 0 saturated carbocycles. The fourth-order valence-corrected chi connectivity index (χ4v) is 3.87. The molecule has 0 heterocycles. The van der Waals surface area contributed by atoms with E-state index in [0.29, 0.717) is 18.3 Å². The van der Waals surface area contributed by atoms with E-state index < -0.39 is 40.2 Å². The molecule has 2 N–H and O–H groups in total. The third kappa shape index (κ3) is 6.54. The number of benzene rings is 2. The van der Waals surface area contributed by atoms with Gasteiger partial charge in [0.2, 0.25) is 5.91 Å². The van der Waals surface area contributed by atoms with Gasteiger partial charge in [0.25, 0.3) is 0 Å². The predicted molar refractivity (Wildman–Crippen MR) is 128 cm³/mol. The molecule has 0 atom stereocenters. The van der Waals surface area contributed by atoms with Gasteiger partial charge in [-0.1, -0.05) is 6.07 Å². The number of nitriles is 1. The first-order valence-electron chi connectivity index (χ1n) is 10.6. The monoisotopic (exact) mass is 526 g/mol. The highest BCUT2D eigenvalue weighted by atomic mass is 32.1. The van der Waals surface area contributed by atoms with Crippen molar-refractivity contribution in [2.24, 2.45) is 0 Å². The van der Waals surface area contributed by atoms with Crippen molar-refractivity contribution in [3.63, 3.8) is 0 Å². The lowest BCUT2D eigenvalue weighted by molar-refractivity contribution is -0.140. The van der Waals surface area contributed by atoms with Crippen molar-refractivity contribution < 1.29 is 31.5 Å². The summed E-state index contributed by atoms with van der Waals surface area (Å²) in [6, 6.07) is 6.98. The van der Waals surface area contributed by atoms with Gasteiger partial charge in [0.05, 0.1) is 22.9 Å². The maximum Gasteiger partial charge on any atom is 0.420 e. The molecule has 0 spiro atoms. The van der Waals surface area contributed by atoms with Crippen molar-refractivity contribution in [3.8, 4) is 6.07 Å². The van der Waals surface area contributed by atoms with Crippen molar-refractivity contribution in [2.75, 3.05) is 17.3 Å². The van der Waals surface area contributed by atoms with Crippen LogP contribution in [0, 0.1) is 23.0 Å². The molecule has 36 heavy (non-hydrogen) atoms. The summed E-state index contributed by atoms with van der Waals surface area (Å²) < 4.78 is 69.6. The third-order valence-corrected chi connectivity index (χ3v) is 5.56. The summed E-state index contributed by atoms with van der Waals surface area (Å²) >= 11 is 5.28. The fourth-order valence-electron chi connectivity index (χ4n) is 3.42. The minimum absolute atomic E-state index is 0.0854. The van der Waals surface area contributed by atoms with Crippen molar-refractivity contribution in [1.29, 1.82) is 5.26 Å². The lowest BCUT2D eigenvalue weighted by atomic mass is 10.0. The first-order chi connectivity index (χ1) is 16.8. The molecule has 6 nitrogen and oxygen atoms in total. The Morgan fingerprint density at radius 2 is 1.86 bits per heavy atom. The predicted octanol–water partition coefficient (Wildman–Crippen LogP) is 5.10. The lowest BCUT2D eigenvalue weighted by Crippen LogP contribution is -2.51. The van der Waals surface area contributed by atoms with Crippen LogP contribution in [-0.4, -0.2) is 29.9 Å². The molecule has 0 fully saturated rings. The van der Waals surface area contributed by atoms with Gasteiger partial charge in [-0.2, -0.15) is 18.4 Å². The number of amides is 1. The fraction of sp³-hybridized carbons (Fsp3) is 0.333. The molecule has 2 aromatic carbocycles. The molecule has 2 rings (SSSR count). The zero-order valence-corrected chi connectivity index (χ0v) is 20.4. The second-order valence-corrected chi connectivity index (χ2v) is 8.69. The van der Waals surface area contributed by atoms with Crippen LogP contribution in [0.5, 0.6) is 0 Å². The Labute approximate surface area is 210 Å². The molecule has 0 bridgehead atoms. The quantitative estimate of drug-likeness (QED) is 0.283. The maximum atomic E-state index is 14.8. The Hall–Kier alpha value is -3.59. The summed E-state index contributed by atoms with van der Waals surface area (Å²) in [5.41, 5.74) is -4.36. The second kappa shape index (κ2) is 11.4. The smallest absolute Gasteiger partial charge is 0.359 e. The first kappa shape index (κ1) is 28.6. The summed E-state index contributed by atoms with van der Waals surface area (Å²) in [6.45, 7) is 2.86. The van der Waals surface area contributed by atoms with Crippen LogP contribution in [0.3, 0.4) is 0 Å². The zero-order chi connectivity index (χ0) is 27.3. The average molecular weight is 527 g/mol. The van der Waals surface area contributed by atoms with Gasteiger partial charge in [-0.3, -0.25) is 4.79 Å². The standard InChI is InChI=1S/C24H23F5N4O2S/c1-23(2,13-34)33(16-9-7-14(17(25)11-16)5-4-6-19(35)31-3)22(36)32-18-10-8-15(12-30)20(21(18)26)24(27,28)29/h7-11,13H,4-6H2,1-3H3,(H,31,35)(H,32,36). The molecule has 0 aliphatic rings. The van der Waals surface area contributed by atoms with Crippen molar-refractivity contribution in [3.05, 3.63) is 58.7 Å². The van der Waals surface area contributed by atoms with Gasteiger partial charge >= 0.3 is 6.18 Å². The first-order valence-corrected chi connectivity index (χ1v) is 11.0. The van der Waals surface area contributed by atoms with E-state index in [0.717, 1.165) is 23.1 Å². The van der Waals surface area contributed by atoms with Crippen LogP contribution in [0.25, 0.3) is 0 Å². The van der Waals surface area contributed by atoms with E-state index in [-0.39, 0.29) is 29.5 Å². The van der Waals surface area contributed by atoms with Crippen LogP contribution in [0.2, 0.25) is 0 Å². The van der Waals surface area contributed by atoms with Crippen LogP contribution >= 0.6 is 12.2 Å². The topological polar surface area (TPSA) is 85.2 Å². The minimum atomic E-state index is -5.15. The second-order valence-electron chi connectivity index (χ2n) is 8.30. The highest BCUT2D eigenvalue weighted by Crippen LogP contribution is 2.37. The number of aryl methyl sites for hydroxylation is 1. The Morgan fingerprint density at radius 1 is 1.19 bits per heavy atom. The number of thiocarbonyl (C=S) groups is 1. The summed E-state index contributed by atoms with van der Waals surface area (Å²) in [5, 5.41) is 13.4. The molecule has 192 valence electrons. The van der Waals surface area contributed by atoms with Crippen molar-refractivity contribution in [2.45, 2.75) is 44.8 Å². The number of nitrogens with one attached hydrogen (secondary N) is 2. The summed E-state index contributed by atoms with van der Waals surface area (Å²) in [4.78, 5) is 24.3. The van der Waals surface area contributed by atoms with Crippen LogP contribution in [0.15, 0.2) is 30.3 Å².